The van der Waals surface area contributed by atoms with E-state index >= 15 is 0 Å². The van der Waals surface area contributed by atoms with E-state index in [-0.39, 0.29) is 13.2 Å². The molecular formula is C13H24N3O3+. The zero-order valence-corrected chi connectivity index (χ0v) is 11.4. The Kier molecular flexibility index (Phi) is 5.88. The maximum atomic E-state index is 9.05. The van der Waals surface area contributed by atoms with Gasteiger partial charge >= 0.3 is 0 Å². The van der Waals surface area contributed by atoms with E-state index in [9.17, 15) is 0 Å². The third-order valence-corrected chi connectivity index (χ3v) is 3.20. The van der Waals surface area contributed by atoms with Crippen LogP contribution in [0, 0.1) is 0 Å². The normalized spacial score (nSPS) is 11.5. The first-order valence-electron chi connectivity index (χ1n) is 6.34. The van der Waals surface area contributed by atoms with Crippen molar-refractivity contribution in [2.75, 3.05) is 58.0 Å². The van der Waals surface area contributed by atoms with Crippen LogP contribution in [0.25, 0.3) is 0 Å². The van der Waals surface area contributed by atoms with Crippen molar-refractivity contribution in [2.24, 2.45) is 0 Å². The highest BCUT2D eigenvalue weighted by molar-refractivity contribution is 5.60. The minimum Gasteiger partial charge on any atom is -0.486 e. The smallest absolute Gasteiger partial charge is 0.142 e. The molecule has 1 rings (SSSR count). The first-order chi connectivity index (χ1) is 9.00. The van der Waals surface area contributed by atoms with E-state index in [0.717, 1.165) is 0 Å². The molecule has 108 valence electrons. The number of quaternary nitrogens is 1. The fourth-order valence-corrected chi connectivity index (χ4v) is 1.89. The molecule has 0 amide bonds. The third kappa shape index (κ3) is 4.94. The first kappa shape index (κ1) is 15.6. The van der Waals surface area contributed by atoms with Crippen molar-refractivity contribution < 1.29 is 19.4 Å². The fraction of sp³-hybridized carbons (Fsp3) is 0.538. The van der Waals surface area contributed by atoms with Crippen LogP contribution >= 0.6 is 0 Å². The number of benzene rings is 1. The Morgan fingerprint density at radius 1 is 1.11 bits per heavy atom. The van der Waals surface area contributed by atoms with Crippen molar-refractivity contribution in [1.29, 1.82) is 0 Å². The molecule has 6 heteroatoms. The van der Waals surface area contributed by atoms with E-state index in [2.05, 4.69) is 0 Å². The molecule has 19 heavy (non-hydrogen) atoms. The zero-order chi connectivity index (χ0) is 14.3. The molecule has 0 aromatic heterocycles. The van der Waals surface area contributed by atoms with Crippen molar-refractivity contribution in [2.45, 2.75) is 0 Å². The van der Waals surface area contributed by atoms with Gasteiger partial charge in [0.15, 0.2) is 0 Å². The minimum atomic E-state index is 0.0838. The highest BCUT2D eigenvalue weighted by atomic mass is 16.5. The van der Waals surface area contributed by atoms with E-state index in [1.54, 1.807) is 18.2 Å². The Morgan fingerprint density at radius 2 is 1.74 bits per heavy atom. The monoisotopic (exact) mass is 270 g/mol. The lowest BCUT2D eigenvalue weighted by Gasteiger charge is -2.33. The van der Waals surface area contributed by atoms with Gasteiger partial charge in [-0.05, 0) is 18.2 Å². The number of aliphatic hydroxyl groups excluding tert-OH is 2. The van der Waals surface area contributed by atoms with Gasteiger partial charge in [-0.3, -0.25) is 0 Å². The summed E-state index contributed by atoms with van der Waals surface area (Å²) in [6, 6.07) is 5.14. The number of nitrogens with two attached hydrogens (primary N) is 2. The molecule has 0 radical (unpaired) electrons. The van der Waals surface area contributed by atoms with Gasteiger partial charge in [-0.2, -0.15) is 0 Å². The van der Waals surface area contributed by atoms with Crippen molar-refractivity contribution in [3.8, 4) is 5.75 Å². The van der Waals surface area contributed by atoms with Gasteiger partial charge in [0, 0.05) is 5.69 Å². The summed E-state index contributed by atoms with van der Waals surface area (Å²) >= 11 is 0. The number of aliphatic hydroxyl groups is 2. The summed E-state index contributed by atoms with van der Waals surface area (Å²) in [6.07, 6.45) is 0. The molecule has 1 aromatic carbocycles. The molecule has 0 atom stereocenters. The van der Waals surface area contributed by atoms with Crippen LogP contribution in [0.15, 0.2) is 18.2 Å². The maximum Gasteiger partial charge on any atom is 0.142 e. The van der Waals surface area contributed by atoms with Gasteiger partial charge in [0.2, 0.25) is 0 Å². The van der Waals surface area contributed by atoms with Crippen molar-refractivity contribution >= 4 is 11.4 Å². The maximum absolute atomic E-state index is 9.05. The first-order valence-corrected chi connectivity index (χ1v) is 6.34. The van der Waals surface area contributed by atoms with Crippen molar-refractivity contribution in [1.82, 2.24) is 0 Å². The summed E-state index contributed by atoms with van der Waals surface area (Å²) < 4.78 is 6.18. The number of hydrogen-bond acceptors (Lipinski definition) is 5. The van der Waals surface area contributed by atoms with Crippen LogP contribution in [0.5, 0.6) is 5.75 Å². The van der Waals surface area contributed by atoms with Crippen LogP contribution < -0.4 is 16.2 Å². The van der Waals surface area contributed by atoms with E-state index in [4.69, 9.17) is 26.4 Å². The van der Waals surface area contributed by atoms with Crippen LogP contribution in [0.3, 0.4) is 0 Å². The summed E-state index contributed by atoms with van der Waals surface area (Å²) in [7, 11) is 1.97. The molecular weight excluding hydrogens is 246 g/mol. The molecule has 0 saturated heterocycles. The molecule has 0 aliphatic carbocycles. The summed E-state index contributed by atoms with van der Waals surface area (Å²) in [5, 5.41) is 18.1. The number of ether oxygens (including phenoxy) is 1. The molecule has 6 nitrogen and oxygen atoms in total. The topological polar surface area (TPSA) is 102 Å². The summed E-state index contributed by atoms with van der Waals surface area (Å²) in [6.45, 7) is 2.48. The highest BCUT2D eigenvalue weighted by Gasteiger charge is 2.20. The van der Waals surface area contributed by atoms with Crippen molar-refractivity contribution in [3.63, 3.8) is 0 Å². The average molecular weight is 270 g/mol. The van der Waals surface area contributed by atoms with Gasteiger partial charge in [0.25, 0.3) is 0 Å². The van der Waals surface area contributed by atoms with Crippen LogP contribution in [0.2, 0.25) is 0 Å². The van der Waals surface area contributed by atoms with Crippen LogP contribution in [0.1, 0.15) is 0 Å². The van der Waals surface area contributed by atoms with Gasteiger partial charge < -0.3 is 30.9 Å². The molecule has 0 saturated carbocycles. The van der Waals surface area contributed by atoms with Gasteiger partial charge in [-0.1, -0.05) is 0 Å². The number of hydrogen-bond donors (Lipinski definition) is 4. The molecule has 1 aromatic rings. The lowest BCUT2D eigenvalue weighted by atomic mass is 10.2. The summed E-state index contributed by atoms with van der Waals surface area (Å²) in [4.78, 5) is 0. The third-order valence-electron chi connectivity index (χ3n) is 3.20. The Bertz CT molecular complexity index is 393. The van der Waals surface area contributed by atoms with E-state index < -0.39 is 0 Å². The van der Waals surface area contributed by atoms with Gasteiger partial charge in [-0.15, -0.1) is 0 Å². The lowest BCUT2D eigenvalue weighted by Crippen LogP contribution is -2.50. The van der Waals surface area contributed by atoms with Gasteiger partial charge in [-0.25, -0.2) is 0 Å². The molecule has 0 spiro atoms. The number of nitrogen functional groups attached to an aromatic ring is 2. The summed E-state index contributed by atoms with van der Waals surface area (Å²) in [5.74, 6) is 0.605. The lowest BCUT2D eigenvalue weighted by molar-refractivity contribution is -0.910. The quantitative estimate of drug-likeness (QED) is 0.382. The van der Waals surface area contributed by atoms with Crippen LogP contribution in [-0.2, 0) is 0 Å². The van der Waals surface area contributed by atoms with Crippen LogP contribution in [0.4, 0.5) is 11.4 Å². The fourth-order valence-electron chi connectivity index (χ4n) is 1.89. The second-order valence-electron chi connectivity index (χ2n) is 4.88. The molecule has 0 heterocycles. The molecule has 6 N–H and O–H groups in total. The Labute approximate surface area is 113 Å². The van der Waals surface area contributed by atoms with Gasteiger partial charge in [0.1, 0.15) is 32.0 Å². The predicted octanol–water partition coefficient (Wildman–Crippen LogP) is -0.339. The predicted molar refractivity (Wildman–Crippen MR) is 75.7 cm³/mol. The molecule has 0 aliphatic heterocycles. The summed E-state index contributed by atoms with van der Waals surface area (Å²) in [5.41, 5.74) is 12.5. The number of nitrogens with zero attached hydrogens (tertiary/aromatic N) is 1. The van der Waals surface area contributed by atoms with E-state index in [0.29, 0.717) is 47.8 Å². The number of likely N-dealkylation sites (N-methyl/N-ethyl adjacent to an activating group) is 1. The van der Waals surface area contributed by atoms with E-state index in [1.807, 2.05) is 7.05 Å². The van der Waals surface area contributed by atoms with Gasteiger partial charge in [0.05, 0.1) is 25.9 Å². The largest absolute Gasteiger partial charge is 0.486 e. The highest BCUT2D eigenvalue weighted by Crippen LogP contribution is 2.23. The molecule has 0 unspecified atom stereocenters. The van der Waals surface area contributed by atoms with E-state index in [1.165, 1.54) is 0 Å². The molecule has 0 fully saturated rings. The SMILES string of the molecule is C[N+](CCO)(CCO)CCOc1ccc(N)cc1N. The average Bonchev–Trinajstić information content (AvgIpc) is 2.32. The Hall–Kier alpha value is -1.50. The van der Waals surface area contributed by atoms with Crippen molar-refractivity contribution in [3.05, 3.63) is 18.2 Å². The minimum absolute atomic E-state index is 0.0838. The zero-order valence-electron chi connectivity index (χ0n) is 11.4. The number of anilines is 2. The second kappa shape index (κ2) is 7.18. The molecule has 0 aliphatic rings. The molecule has 0 bridgehead atoms. The van der Waals surface area contributed by atoms with Crippen LogP contribution in [-0.4, -0.2) is 61.2 Å². The standard InChI is InChI=1S/C13H24N3O3/c1-16(4-7-17,5-8-18)6-9-19-13-3-2-11(14)10-12(13)15/h2-3,10,17-18H,4-9,14-15H2,1H3/q+1. The second-order valence-corrected chi connectivity index (χ2v) is 4.88. The Morgan fingerprint density at radius 3 is 2.26 bits per heavy atom. The number of rotatable bonds is 8. The Balaban J connectivity index is 2.51.